The van der Waals surface area contributed by atoms with Gasteiger partial charge < -0.3 is 9.80 Å². The number of benzene rings is 2. The number of nitrogens with zero attached hydrogens (tertiary/aromatic N) is 2. The Morgan fingerprint density at radius 3 is 2.72 bits per heavy atom. The first kappa shape index (κ1) is 16.9. The van der Waals surface area contributed by atoms with Crippen molar-refractivity contribution in [2.45, 2.75) is 25.3 Å². The van der Waals surface area contributed by atoms with Gasteiger partial charge in [0.2, 0.25) is 5.91 Å². The molecule has 0 bridgehead atoms. The average Bonchev–Trinajstić information content (AvgIpc) is 3.15. The van der Waals surface area contributed by atoms with E-state index < -0.39 is 0 Å². The monoisotopic (exact) mass is 354 g/mol. The number of hydrogen-bond acceptors (Lipinski definition) is 3. The van der Waals surface area contributed by atoms with Crippen LogP contribution in [0.25, 0.3) is 10.8 Å². The van der Waals surface area contributed by atoms with Crippen LogP contribution in [-0.2, 0) is 11.2 Å². The van der Waals surface area contributed by atoms with Gasteiger partial charge in [-0.05, 0) is 42.3 Å². The van der Waals surface area contributed by atoms with Crippen molar-refractivity contribution in [1.82, 2.24) is 9.80 Å². The third kappa shape index (κ3) is 3.85. The Morgan fingerprint density at radius 2 is 1.84 bits per heavy atom. The number of amides is 1. The van der Waals surface area contributed by atoms with E-state index in [4.69, 9.17) is 0 Å². The van der Waals surface area contributed by atoms with Gasteiger partial charge in [0.1, 0.15) is 0 Å². The topological polar surface area (TPSA) is 23.6 Å². The molecule has 2 heterocycles. The van der Waals surface area contributed by atoms with E-state index in [0.29, 0.717) is 18.4 Å². The third-order valence-electron chi connectivity index (χ3n) is 5.44. The molecule has 1 amide bonds. The molecule has 0 N–H and O–H groups in total. The van der Waals surface area contributed by atoms with E-state index in [9.17, 15) is 4.79 Å². The van der Waals surface area contributed by atoms with Crippen LogP contribution in [0.2, 0.25) is 0 Å². The maximum absolute atomic E-state index is 13.1. The lowest BCUT2D eigenvalue weighted by atomic mass is 10.0. The molecule has 4 heteroatoms. The minimum atomic E-state index is 0.292. The van der Waals surface area contributed by atoms with Crippen molar-refractivity contribution in [2.75, 3.05) is 37.7 Å². The summed E-state index contributed by atoms with van der Waals surface area (Å²) < 4.78 is 0. The summed E-state index contributed by atoms with van der Waals surface area (Å²) in [5.74, 6) is 2.44. The highest BCUT2D eigenvalue weighted by Crippen LogP contribution is 2.23. The zero-order chi connectivity index (χ0) is 17.1. The van der Waals surface area contributed by atoms with Crippen LogP contribution >= 0.6 is 11.8 Å². The van der Waals surface area contributed by atoms with E-state index in [1.165, 1.54) is 36.7 Å². The van der Waals surface area contributed by atoms with Crippen molar-refractivity contribution in [3.63, 3.8) is 0 Å². The van der Waals surface area contributed by atoms with Crippen molar-refractivity contribution in [3.05, 3.63) is 48.0 Å². The highest BCUT2D eigenvalue weighted by atomic mass is 32.2. The molecule has 0 saturated carbocycles. The van der Waals surface area contributed by atoms with Crippen molar-refractivity contribution in [3.8, 4) is 0 Å². The second-order valence-electron chi connectivity index (χ2n) is 7.14. The minimum absolute atomic E-state index is 0.292. The predicted molar refractivity (Wildman–Crippen MR) is 106 cm³/mol. The molecule has 4 rings (SSSR count). The van der Waals surface area contributed by atoms with Gasteiger partial charge in [0.25, 0.3) is 0 Å². The molecule has 2 aliphatic heterocycles. The third-order valence-corrected chi connectivity index (χ3v) is 6.53. The fourth-order valence-corrected chi connectivity index (χ4v) is 5.16. The average molecular weight is 355 g/mol. The first-order valence-electron chi connectivity index (χ1n) is 9.37. The predicted octanol–water partition coefficient (Wildman–Crippen LogP) is 3.42. The van der Waals surface area contributed by atoms with E-state index in [1.807, 2.05) is 11.8 Å². The summed E-state index contributed by atoms with van der Waals surface area (Å²) in [6.45, 7) is 4.35. The Balaban J connectivity index is 1.49. The van der Waals surface area contributed by atoms with Gasteiger partial charge in [-0.3, -0.25) is 4.79 Å². The molecular weight excluding hydrogens is 328 g/mol. The molecule has 0 aliphatic carbocycles. The molecule has 0 spiro atoms. The maximum atomic E-state index is 13.1. The maximum Gasteiger partial charge on any atom is 0.227 e. The Morgan fingerprint density at radius 1 is 1.04 bits per heavy atom. The Bertz CT molecular complexity index is 736. The number of rotatable bonds is 4. The fraction of sp³-hybridized carbons (Fsp3) is 0.476. The molecular formula is C21H26N2OS. The van der Waals surface area contributed by atoms with Gasteiger partial charge in [-0.25, -0.2) is 0 Å². The molecule has 1 unspecified atom stereocenters. The first-order chi connectivity index (χ1) is 12.3. The van der Waals surface area contributed by atoms with Crippen LogP contribution in [0.5, 0.6) is 0 Å². The smallest absolute Gasteiger partial charge is 0.227 e. The summed E-state index contributed by atoms with van der Waals surface area (Å²) in [7, 11) is 0. The van der Waals surface area contributed by atoms with Crippen molar-refractivity contribution < 1.29 is 4.79 Å². The van der Waals surface area contributed by atoms with Gasteiger partial charge in [-0.15, -0.1) is 0 Å². The summed E-state index contributed by atoms with van der Waals surface area (Å²) in [5.41, 5.74) is 1.15. The largest absolute Gasteiger partial charge is 0.336 e. The van der Waals surface area contributed by atoms with E-state index in [2.05, 4.69) is 52.3 Å². The molecule has 1 atom stereocenters. The molecule has 2 aromatic rings. The molecule has 2 aliphatic rings. The fourth-order valence-electron chi connectivity index (χ4n) is 4.11. The number of likely N-dealkylation sites (tertiary alicyclic amines) is 1. The lowest BCUT2D eigenvalue weighted by Gasteiger charge is -2.37. The lowest BCUT2D eigenvalue weighted by Crippen LogP contribution is -2.51. The Kier molecular flexibility index (Phi) is 5.28. The molecule has 0 aromatic heterocycles. The molecule has 25 heavy (non-hydrogen) atoms. The normalized spacial score (nSPS) is 21.8. The highest BCUT2D eigenvalue weighted by molar-refractivity contribution is 7.99. The van der Waals surface area contributed by atoms with Crippen LogP contribution < -0.4 is 0 Å². The highest BCUT2D eigenvalue weighted by Gasteiger charge is 2.29. The molecule has 2 fully saturated rings. The second kappa shape index (κ2) is 7.79. The summed E-state index contributed by atoms with van der Waals surface area (Å²) in [5, 5.41) is 2.43. The van der Waals surface area contributed by atoms with Gasteiger partial charge in [-0.1, -0.05) is 42.5 Å². The summed E-state index contributed by atoms with van der Waals surface area (Å²) in [4.78, 5) is 17.8. The van der Waals surface area contributed by atoms with E-state index in [-0.39, 0.29) is 0 Å². The van der Waals surface area contributed by atoms with Crippen LogP contribution in [0.3, 0.4) is 0 Å². The lowest BCUT2D eigenvalue weighted by molar-refractivity contribution is -0.132. The van der Waals surface area contributed by atoms with Gasteiger partial charge in [-0.2, -0.15) is 11.8 Å². The van der Waals surface area contributed by atoms with Gasteiger partial charge in [0, 0.05) is 24.6 Å². The van der Waals surface area contributed by atoms with Crippen LogP contribution in [0.4, 0.5) is 0 Å². The van der Waals surface area contributed by atoms with E-state index >= 15 is 0 Å². The van der Waals surface area contributed by atoms with Crippen LogP contribution in [0.1, 0.15) is 18.4 Å². The Labute approximate surface area is 154 Å². The zero-order valence-electron chi connectivity index (χ0n) is 14.7. The molecule has 0 radical (unpaired) electrons. The van der Waals surface area contributed by atoms with E-state index in [1.54, 1.807) is 0 Å². The quantitative estimate of drug-likeness (QED) is 0.840. The number of thioether (sulfide) groups is 1. The molecule has 132 valence electrons. The first-order valence-corrected chi connectivity index (χ1v) is 10.5. The van der Waals surface area contributed by atoms with Crippen LogP contribution in [0, 0.1) is 0 Å². The Hall–Kier alpha value is -1.52. The molecule has 3 nitrogen and oxygen atoms in total. The van der Waals surface area contributed by atoms with Gasteiger partial charge in [0.15, 0.2) is 0 Å². The van der Waals surface area contributed by atoms with Gasteiger partial charge >= 0.3 is 0 Å². The second-order valence-corrected chi connectivity index (χ2v) is 8.29. The molecule has 2 saturated heterocycles. The minimum Gasteiger partial charge on any atom is -0.336 e. The zero-order valence-corrected chi connectivity index (χ0v) is 15.5. The van der Waals surface area contributed by atoms with Crippen LogP contribution in [0.15, 0.2) is 42.5 Å². The summed E-state index contributed by atoms with van der Waals surface area (Å²) in [6.07, 6.45) is 3.14. The standard InChI is InChI=1S/C21H26N2OS/c24-21(14-18-8-5-7-17-6-1-2-9-20(17)18)23-12-13-25-16-19(23)15-22-10-3-4-11-22/h1-2,5-9,19H,3-4,10-16H2. The molecule has 2 aromatic carbocycles. The van der Waals surface area contributed by atoms with Gasteiger partial charge in [0.05, 0.1) is 12.5 Å². The van der Waals surface area contributed by atoms with Crippen molar-refractivity contribution in [1.29, 1.82) is 0 Å². The number of fused-ring (bicyclic) bond motifs is 1. The van der Waals surface area contributed by atoms with Crippen LogP contribution in [-0.4, -0.2) is 59.4 Å². The number of hydrogen-bond donors (Lipinski definition) is 0. The van der Waals surface area contributed by atoms with Crippen molar-refractivity contribution in [2.24, 2.45) is 0 Å². The van der Waals surface area contributed by atoms with E-state index in [0.717, 1.165) is 30.2 Å². The SMILES string of the molecule is O=C(Cc1cccc2ccccc12)N1CCSCC1CN1CCCC1. The number of carbonyl (C=O) groups is 1. The summed E-state index contributed by atoms with van der Waals surface area (Å²) >= 11 is 2.00. The number of carbonyl (C=O) groups excluding carboxylic acids is 1. The summed E-state index contributed by atoms with van der Waals surface area (Å²) in [6, 6.07) is 15.0. The van der Waals surface area contributed by atoms with Crippen molar-refractivity contribution >= 4 is 28.4 Å².